The molecule has 0 N–H and O–H groups in total. The summed E-state index contributed by atoms with van der Waals surface area (Å²) in [5.41, 5.74) is 2.61. The molecule has 168 valence electrons. The van der Waals surface area contributed by atoms with E-state index in [9.17, 15) is 0 Å². The van der Waals surface area contributed by atoms with Crippen LogP contribution >= 0.6 is 45.9 Å². The molecule has 4 heteroatoms. The third kappa shape index (κ3) is 5.89. The Morgan fingerprint density at radius 1 is 0.471 bits per heavy atom. The highest BCUT2D eigenvalue weighted by Gasteiger charge is 2.03. The van der Waals surface area contributed by atoms with Gasteiger partial charge in [0, 0.05) is 42.0 Å². The molecule has 0 fully saturated rings. The molecule has 0 radical (unpaired) electrons. The molecule has 34 heavy (non-hydrogen) atoms. The maximum Gasteiger partial charge on any atom is 0.0406 e. The Bertz CT molecular complexity index is 1330. The smallest absolute Gasteiger partial charge is 0.0406 e. The molecule has 0 unspecified atom stereocenters. The number of rotatable bonds is 4. The number of hydrogen-bond donors (Lipinski definition) is 0. The highest BCUT2D eigenvalue weighted by Crippen LogP contribution is 2.28. The van der Waals surface area contributed by atoms with E-state index < -0.39 is 0 Å². The van der Waals surface area contributed by atoms with Gasteiger partial charge in [0.05, 0.1) is 0 Å². The Hall–Kier alpha value is -2.62. The van der Waals surface area contributed by atoms with E-state index >= 15 is 0 Å². The van der Waals surface area contributed by atoms with Crippen LogP contribution in [0.1, 0.15) is 20.9 Å². The standard InChI is InChI=1S/2C15H11ClS/c2*16-13-7-5-11(6-8-13)9-14-10-12-3-1-2-4-15(12)17-14/h2*1-8,10H,9H2. The van der Waals surface area contributed by atoms with Crippen molar-refractivity contribution in [3.8, 4) is 0 Å². The topological polar surface area (TPSA) is 0 Å². The van der Waals surface area contributed by atoms with E-state index in [4.69, 9.17) is 23.2 Å². The molecule has 0 atom stereocenters. The molecule has 6 rings (SSSR count). The van der Waals surface area contributed by atoms with E-state index in [0.717, 1.165) is 22.9 Å². The fourth-order valence-corrected chi connectivity index (χ4v) is 6.30. The lowest BCUT2D eigenvalue weighted by Crippen LogP contribution is -1.82. The molecule has 2 heterocycles. The molecule has 4 aromatic carbocycles. The zero-order chi connectivity index (χ0) is 23.3. The van der Waals surface area contributed by atoms with Crippen molar-refractivity contribution in [2.45, 2.75) is 12.8 Å². The second-order valence-corrected chi connectivity index (χ2v) is 11.3. The van der Waals surface area contributed by atoms with Crippen LogP contribution < -0.4 is 0 Å². The molecule has 6 aromatic rings. The first kappa shape index (κ1) is 23.1. The Labute approximate surface area is 218 Å². The monoisotopic (exact) mass is 516 g/mol. The summed E-state index contributed by atoms with van der Waals surface area (Å²) in [5.74, 6) is 0. The molecule has 0 bridgehead atoms. The van der Waals surface area contributed by atoms with E-state index in [1.807, 2.05) is 46.9 Å². The Kier molecular flexibility index (Phi) is 7.32. The quantitative estimate of drug-likeness (QED) is 0.218. The van der Waals surface area contributed by atoms with Crippen LogP contribution in [-0.2, 0) is 12.8 Å². The number of halogens is 2. The van der Waals surface area contributed by atoms with Crippen LogP contribution in [-0.4, -0.2) is 0 Å². The van der Waals surface area contributed by atoms with Gasteiger partial charge in [0.15, 0.2) is 0 Å². The fourth-order valence-electron chi connectivity index (χ4n) is 3.85. The van der Waals surface area contributed by atoms with Gasteiger partial charge in [0.2, 0.25) is 0 Å². The van der Waals surface area contributed by atoms with Crippen molar-refractivity contribution in [2.24, 2.45) is 0 Å². The Balaban J connectivity index is 0.000000142. The highest BCUT2D eigenvalue weighted by molar-refractivity contribution is 7.19. The van der Waals surface area contributed by atoms with E-state index in [1.165, 1.54) is 41.1 Å². The number of benzene rings is 4. The maximum absolute atomic E-state index is 5.88. The van der Waals surface area contributed by atoms with Crippen LogP contribution in [0.3, 0.4) is 0 Å². The molecule has 0 saturated carbocycles. The lowest BCUT2D eigenvalue weighted by atomic mass is 10.1. The van der Waals surface area contributed by atoms with Crippen molar-refractivity contribution in [3.63, 3.8) is 0 Å². The van der Waals surface area contributed by atoms with Gasteiger partial charge in [-0.25, -0.2) is 0 Å². The fraction of sp³-hybridized carbons (Fsp3) is 0.0667. The van der Waals surface area contributed by atoms with Crippen molar-refractivity contribution in [1.82, 2.24) is 0 Å². The van der Waals surface area contributed by atoms with Crippen molar-refractivity contribution < 1.29 is 0 Å². The van der Waals surface area contributed by atoms with Gasteiger partial charge in [-0.2, -0.15) is 0 Å². The average Bonchev–Trinajstić information content (AvgIpc) is 3.45. The number of fused-ring (bicyclic) bond motifs is 2. The minimum Gasteiger partial charge on any atom is -0.140 e. The summed E-state index contributed by atoms with van der Waals surface area (Å²) in [5, 5.41) is 4.26. The third-order valence-corrected chi connectivity index (χ3v) is 8.27. The lowest BCUT2D eigenvalue weighted by molar-refractivity contribution is 1.24. The molecule has 0 aliphatic carbocycles. The van der Waals surface area contributed by atoms with Gasteiger partial charge in [-0.3, -0.25) is 0 Å². The molecular weight excluding hydrogens is 495 g/mol. The first-order valence-electron chi connectivity index (χ1n) is 11.1. The summed E-state index contributed by atoms with van der Waals surface area (Å²) in [4.78, 5) is 2.79. The molecule has 2 aromatic heterocycles. The van der Waals surface area contributed by atoms with Crippen LogP contribution in [0.5, 0.6) is 0 Å². The van der Waals surface area contributed by atoms with Gasteiger partial charge >= 0.3 is 0 Å². The van der Waals surface area contributed by atoms with Crippen molar-refractivity contribution >= 4 is 66.0 Å². The largest absolute Gasteiger partial charge is 0.140 e. The maximum atomic E-state index is 5.88. The van der Waals surface area contributed by atoms with Crippen molar-refractivity contribution in [2.75, 3.05) is 0 Å². The number of hydrogen-bond acceptors (Lipinski definition) is 2. The highest BCUT2D eigenvalue weighted by atomic mass is 35.5. The van der Waals surface area contributed by atoms with E-state index in [2.05, 4.69) is 84.9 Å². The van der Waals surface area contributed by atoms with Gasteiger partial charge in [0.25, 0.3) is 0 Å². The lowest BCUT2D eigenvalue weighted by Gasteiger charge is -1.98. The minimum atomic E-state index is 0.796. The molecule has 0 nitrogen and oxygen atoms in total. The van der Waals surface area contributed by atoms with E-state index in [1.54, 1.807) is 0 Å². The minimum absolute atomic E-state index is 0.796. The number of thiophene rings is 2. The summed E-state index contributed by atoms with van der Waals surface area (Å²) in [6, 6.07) is 37.7. The predicted molar refractivity (Wildman–Crippen MR) is 152 cm³/mol. The summed E-state index contributed by atoms with van der Waals surface area (Å²) < 4.78 is 2.72. The first-order valence-corrected chi connectivity index (χ1v) is 13.4. The predicted octanol–water partition coefficient (Wildman–Crippen LogP) is 10.3. The van der Waals surface area contributed by atoms with E-state index in [-0.39, 0.29) is 0 Å². The summed E-state index contributed by atoms with van der Waals surface area (Å²) in [6.07, 6.45) is 1.97. The summed E-state index contributed by atoms with van der Waals surface area (Å²) in [7, 11) is 0. The van der Waals surface area contributed by atoms with E-state index in [0.29, 0.717) is 0 Å². The van der Waals surface area contributed by atoms with Crippen LogP contribution in [0.4, 0.5) is 0 Å². The third-order valence-electron chi connectivity index (χ3n) is 5.54. The average molecular weight is 518 g/mol. The van der Waals surface area contributed by atoms with Crippen molar-refractivity contribution in [1.29, 1.82) is 0 Å². The van der Waals surface area contributed by atoms with Gasteiger partial charge < -0.3 is 0 Å². The second-order valence-electron chi connectivity index (χ2n) is 8.11. The normalized spacial score (nSPS) is 10.9. The molecular formula is C30H22Cl2S2. The SMILES string of the molecule is Clc1ccc(Cc2cc3ccccc3s2)cc1.Clc1ccc(Cc2cc3ccccc3s2)cc1. The van der Waals surface area contributed by atoms with Gasteiger partial charge in [-0.15, -0.1) is 22.7 Å². The molecule has 0 amide bonds. The first-order chi connectivity index (χ1) is 16.6. The van der Waals surface area contributed by atoms with Gasteiger partial charge in [-0.05, 0) is 70.4 Å². The molecule has 0 aliphatic rings. The Morgan fingerprint density at radius 3 is 1.24 bits per heavy atom. The van der Waals surface area contributed by atoms with Gasteiger partial charge in [0.1, 0.15) is 0 Å². The van der Waals surface area contributed by atoms with Crippen LogP contribution in [0, 0.1) is 0 Å². The second kappa shape index (κ2) is 10.8. The summed E-state index contributed by atoms with van der Waals surface area (Å²) in [6.45, 7) is 0. The van der Waals surface area contributed by atoms with Crippen LogP contribution in [0.15, 0.2) is 109 Å². The summed E-state index contributed by atoms with van der Waals surface area (Å²) >= 11 is 15.5. The zero-order valence-corrected chi connectivity index (χ0v) is 21.5. The Morgan fingerprint density at radius 2 is 0.853 bits per heavy atom. The van der Waals surface area contributed by atoms with Crippen LogP contribution in [0.25, 0.3) is 20.2 Å². The zero-order valence-electron chi connectivity index (χ0n) is 18.4. The molecule has 0 aliphatic heterocycles. The molecule has 0 saturated heterocycles. The molecule has 0 spiro atoms. The van der Waals surface area contributed by atoms with Crippen molar-refractivity contribution in [3.05, 3.63) is 140 Å². The van der Waals surface area contributed by atoms with Crippen LogP contribution in [0.2, 0.25) is 10.0 Å². The van der Waals surface area contributed by atoms with Gasteiger partial charge in [-0.1, -0.05) is 83.9 Å².